The molecule has 1 atom stereocenters. The minimum absolute atomic E-state index is 0.138. The van der Waals surface area contributed by atoms with E-state index in [1.807, 2.05) is 30.3 Å². The van der Waals surface area contributed by atoms with Crippen LogP contribution in [0.3, 0.4) is 0 Å². The van der Waals surface area contributed by atoms with Gasteiger partial charge in [0.25, 0.3) is 5.91 Å². The molecule has 1 saturated heterocycles. The first kappa shape index (κ1) is 18.7. The second kappa shape index (κ2) is 9.57. The molecule has 1 aliphatic rings. The Labute approximate surface area is 159 Å². The lowest BCUT2D eigenvalue weighted by Crippen LogP contribution is -2.46. The van der Waals surface area contributed by atoms with Crippen molar-refractivity contribution in [2.24, 2.45) is 0 Å². The zero-order valence-corrected chi connectivity index (χ0v) is 15.4. The monoisotopic (exact) mass is 373 g/mol. The largest absolute Gasteiger partial charge is 0.476 e. The Hall–Kier alpha value is -2.08. The summed E-state index contributed by atoms with van der Waals surface area (Å²) in [5.74, 6) is 0.474. The van der Waals surface area contributed by atoms with E-state index in [2.05, 4.69) is 15.5 Å². The van der Waals surface area contributed by atoms with E-state index in [9.17, 15) is 4.79 Å². The molecule has 6 heteroatoms. The van der Waals surface area contributed by atoms with E-state index in [-0.39, 0.29) is 5.91 Å². The summed E-state index contributed by atoms with van der Waals surface area (Å²) in [4.78, 5) is 15.1. The maximum absolute atomic E-state index is 12.8. The molecule has 1 amide bonds. The summed E-state index contributed by atoms with van der Waals surface area (Å²) < 4.78 is 5.97. The lowest BCUT2D eigenvalue weighted by molar-refractivity contribution is -0.128. The van der Waals surface area contributed by atoms with Crippen LogP contribution in [-0.2, 0) is 4.79 Å². The first-order valence-corrected chi connectivity index (χ1v) is 9.28. The van der Waals surface area contributed by atoms with Gasteiger partial charge in [0.2, 0.25) is 6.10 Å². The summed E-state index contributed by atoms with van der Waals surface area (Å²) >= 11 is 5.93. The maximum Gasteiger partial charge on any atom is 0.265 e. The number of hydrogen-bond acceptors (Lipinski definition) is 4. The fraction of sp³-hybridized carbons (Fsp3) is 0.350. The quantitative estimate of drug-likeness (QED) is 0.783. The molecule has 0 aliphatic carbocycles. The standard InChI is InChI=1S/C20H24ClN3O2/c21-17-6-8-18(9-7-17)26-19(16-4-2-1-3-5-16)20(25)23-12-15-24-13-10-22-11-14-24/h1-9,19,22H,10-15H2,(H,23,25). The van der Waals surface area contributed by atoms with Gasteiger partial charge >= 0.3 is 0 Å². The molecular weight excluding hydrogens is 350 g/mol. The highest BCUT2D eigenvalue weighted by Crippen LogP contribution is 2.23. The molecule has 26 heavy (non-hydrogen) atoms. The highest BCUT2D eigenvalue weighted by atomic mass is 35.5. The Morgan fingerprint density at radius 2 is 1.81 bits per heavy atom. The van der Waals surface area contributed by atoms with Gasteiger partial charge in [-0.25, -0.2) is 0 Å². The molecule has 3 rings (SSSR count). The maximum atomic E-state index is 12.8. The van der Waals surface area contributed by atoms with Crippen molar-refractivity contribution in [3.8, 4) is 5.75 Å². The van der Waals surface area contributed by atoms with Crippen LogP contribution in [0, 0.1) is 0 Å². The van der Waals surface area contributed by atoms with E-state index in [1.165, 1.54) is 0 Å². The molecule has 0 aromatic heterocycles. The van der Waals surface area contributed by atoms with E-state index >= 15 is 0 Å². The third-order valence-corrected chi connectivity index (χ3v) is 4.60. The van der Waals surface area contributed by atoms with Crippen LogP contribution in [0.5, 0.6) is 5.75 Å². The Bertz CT molecular complexity index is 688. The summed E-state index contributed by atoms with van der Waals surface area (Å²) in [6.07, 6.45) is -0.694. The Morgan fingerprint density at radius 1 is 1.12 bits per heavy atom. The highest BCUT2D eigenvalue weighted by molar-refractivity contribution is 6.30. The molecule has 0 saturated carbocycles. The lowest BCUT2D eigenvalue weighted by Gasteiger charge is -2.27. The number of ether oxygens (including phenoxy) is 1. The second-order valence-corrected chi connectivity index (χ2v) is 6.68. The van der Waals surface area contributed by atoms with Crippen LogP contribution in [0.4, 0.5) is 0 Å². The predicted octanol–water partition coefficient (Wildman–Crippen LogP) is 2.48. The number of benzene rings is 2. The fourth-order valence-corrected chi connectivity index (χ4v) is 3.04. The number of rotatable bonds is 7. The number of halogens is 1. The lowest BCUT2D eigenvalue weighted by atomic mass is 10.1. The Balaban J connectivity index is 1.62. The third kappa shape index (κ3) is 5.46. The van der Waals surface area contributed by atoms with Crippen LogP contribution in [0.15, 0.2) is 54.6 Å². The van der Waals surface area contributed by atoms with E-state index in [1.54, 1.807) is 24.3 Å². The van der Waals surface area contributed by atoms with Gasteiger partial charge in [0.05, 0.1) is 0 Å². The molecule has 1 heterocycles. The van der Waals surface area contributed by atoms with Gasteiger partial charge in [-0.1, -0.05) is 41.9 Å². The van der Waals surface area contributed by atoms with E-state index in [0.717, 1.165) is 38.3 Å². The second-order valence-electron chi connectivity index (χ2n) is 6.25. The summed E-state index contributed by atoms with van der Waals surface area (Å²) in [6, 6.07) is 16.6. The molecule has 1 aliphatic heterocycles. The zero-order chi connectivity index (χ0) is 18.2. The van der Waals surface area contributed by atoms with Crippen LogP contribution in [0.1, 0.15) is 11.7 Å². The summed E-state index contributed by atoms with van der Waals surface area (Å²) in [6.45, 7) is 5.47. The average Bonchev–Trinajstić information content (AvgIpc) is 2.69. The van der Waals surface area contributed by atoms with Crippen molar-refractivity contribution in [3.05, 3.63) is 65.2 Å². The van der Waals surface area contributed by atoms with Crippen molar-refractivity contribution < 1.29 is 9.53 Å². The van der Waals surface area contributed by atoms with Crippen LogP contribution in [0.25, 0.3) is 0 Å². The van der Waals surface area contributed by atoms with Gasteiger partial charge in [0, 0.05) is 49.9 Å². The van der Waals surface area contributed by atoms with E-state index in [0.29, 0.717) is 17.3 Å². The van der Waals surface area contributed by atoms with Gasteiger partial charge in [-0.2, -0.15) is 0 Å². The molecule has 5 nitrogen and oxygen atoms in total. The Kier molecular flexibility index (Phi) is 6.89. The zero-order valence-electron chi connectivity index (χ0n) is 14.7. The topological polar surface area (TPSA) is 53.6 Å². The van der Waals surface area contributed by atoms with E-state index in [4.69, 9.17) is 16.3 Å². The summed E-state index contributed by atoms with van der Waals surface area (Å²) in [5.41, 5.74) is 0.821. The number of carbonyl (C=O) groups excluding carboxylic acids is 1. The van der Waals surface area contributed by atoms with Crippen molar-refractivity contribution >= 4 is 17.5 Å². The fourth-order valence-electron chi connectivity index (χ4n) is 2.91. The SMILES string of the molecule is O=C(NCCN1CCNCC1)C(Oc1ccc(Cl)cc1)c1ccccc1. The summed E-state index contributed by atoms with van der Waals surface area (Å²) in [7, 11) is 0. The number of hydrogen-bond donors (Lipinski definition) is 2. The smallest absolute Gasteiger partial charge is 0.265 e. The minimum Gasteiger partial charge on any atom is -0.476 e. The third-order valence-electron chi connectivity index (χ3n) is 4.34. The molecule has 1 unspecified atom stereocenters. The number of carbonyl (C=O) groups is 1. The number of nitrogens with zero attached hydrogens (tertiary/aromatic N) is 1. The molecule has 0 radical (unpaired) electrons. The number of piperazine rings is 1. The van der Waals surface area contributed by atoms with Crippen LogP contribution in [-0.4, -0.2) is 50.1 Å². The molecular formula is C20H24ClN3O2. The van der Waals surface area contributed by atoms with Crippen LogP contribution in [0.2, 0.25) is 5.02 Å². The van der Waals surface area contributed by atoms with Gasteiger partial charge < -0.3 is 15.4 Å². The molecule has 2 N–H and O–H groups in total. The molecule has 2 aromatic carbocycles. The van der Waals surface area contributed by atoms with Crippen molar-refractivity contribution in [1.82, 2.24) is 15.5 Å². The van der Waals surface area contributed by atoms with E-state index < -0.39 is 6.10 Å². The van der Waals surface area contributed by atoms with Crippen LogP contribution < -0.4 is 15.4 Å². The highest BCUT2D eigenvalue weighted by Gasteiger charge is 2.22. The molecule has 0 bridgehead atoms. The minimum atomic E-state index is -0.694. The first-order valence-electron chi connectivity index (χ1n) is 8.90. The normalized spacial score (nSPS) is 16.0. The van der Waals surface area contributed by atoms with Crippen LogP contribution >= 0.6 is 11.6 Å². The van der Waals surface area contributed by atoms with Crippen molar-refractivity contribution in [2.75, 3.05) is 39.3 Å². The molecule has 1 fully saturated rings. The molecule has 0 spiro atoms. The first-order chi connectivity index (χ1) is 12.7. The van der Waals surface area contributed by atoms with Crippen molar-refractivity contribution in [3.63, 3.8) is 0 Å². The van der Waals surface area contributed by atoms with Crippen molar-refractivity contribution in [2.45, 2.75) is 6.10 Å². The molecule has 2 aromatic rings. The van der Waals surface area contributed by atoms with Gasteiger partial charge in [-0.05, 0) is 24.3 Å². The van der Waals surface area contributed by atoms with Crippen molar-refractivity contribution in [1.29, 1.82) is 0 Å². The van der Waals surface area contributed by atoms with Gasteiger partial charge in [0.1, 0.15) is 5.75 Å². The molecule has 138 valence electrons. The predicted molar refractivity (Wildman–Crippen MR) is 104 cm³/mol. The Morgan fingerprint density at radius 3 is 2.50 bits per heavy atom. The van der Waals surface area contributed by atoms with Gasteiger partial charge in [0.15, 0.2) is 0 Å². The number of amides is 1. The number of nitrogens with one attached hydrogen (secondary N) is 2. The van der Waals surface area contributed by atoms with Gasteiger partial charge in [-0.3, -0.25) is 9.69 Å². The summed E-state index contributed by atoms with van der Waals surface area (Å²) in [5, 5.41) is 6.97. The average molecular weight is 374 g/mol. The van der Waals surface area contributed by atoms with Gasteiger partial charge in [-0.15, -0.1) is 0 Å².